The van der Waals surface area contributed by atoms with Gasteiger partial charge in [0.05, 0.1) is 6.61 Å². The number of anilines is 1. The van der Waals surface area contributed by atoms with Crippen LogP contribution in [0.15, 0.2) is 12.1 Å². The first-order valence-corrected chi connectivity index (χ1v) is 6.85. The maximum absolute atomic E-state index is 14.2. The van der Waals surface area contributed by atoms with Gasteiger partial charge in [0.25, 0.3) is 0 Å². The van der Waals surface area contributed by atoms with Crippen LogP contribution >= 0.6 is 0 Å². The Hall–Kier alpha value is -1.20. The molecule has 0 heterocycles. The Bertz CT molecular complexity index is 417. The second-order valence-electron chi connectivity index (χ2n) is 5.20. The molecule has 1 rings (SSSR count). The lowest BCUT2D eigenvalue weighted by Crippen LogP contribution is -2.34. The van der Waals surface area contributed by atoms with E-state index in [-0.39, 0.29) is 17.8 Å². The predicted octanol–water partition coefficient (Wildman–Crippen LogP) is 2.72. The van der Waals surface area contributed by atoms with Gasteiger partial charge in [-0.05, 0) is 37.5 Å². The maximum Gasteiger partial charge on any atom is 0.149 e. The summed E-state index contributed by atoms with van der Waals surface area (Å²) in [6.07, 6.45) is 1.25. The molecule has 0 fully saturated rings. The monoisotopic (exact) mass is 286 g/mol. The molecule has 0 saturated heterocycles. The molecule has 114 valence electrons. The van der Waals surface area contributed by atoms with E-state index in [0.717, 1.165) is 6.42 Å². The second-order valence-corrected chi connectivity index (χ2v) is 5.20. The molecule has 0 aliphatic rings. The van der Waals surface area contributed by atoms with Crippen LogP contribution in [-0.4, -0.2) is 32.8 Å². The molecule has 0 radical (unpaired) electrons. The van der Waals surface area contributed by atoms with E-state index < -0.39 is 11.6 Å². The maximum atomic E-state index is 14.2. The first-order chi connectivity index (χ1) is 9.40. The third kappa shape index (κ3) is 4.15. The fourth-order valence-electron chi connectivity index (χ4n) is 2.09. The number of nitrogens with zero attached hydrogens (tertiary/aromatic N) is 1. The highest BCUT2D eigenvalue weighted by Crippen LogP contribution is 2.26. The van der Waals surface area contributed by atoms with E-state index in [1.807, 2.05) is 13.8 Å². The fraction of sp³-hybridized carbons (Fsp3) is 0.600. The third-order valence-corrected chi connectivity index (χ3v) is 3.52. The fourth-order valence-corrected chi connectivity index (χ4v) is 2.09. The molecule has 1 aromatic carbocycles. The molecule has 2 unspecified atom stereocenters. The minimum absolute atomic E-state index is 0.0247. The zero-order valence-electron chi connectivity index (χ0n) is 12.6. The van der Waals surface area contributed by atoms with Crippen molar-refractivity contribution >= 4 is 5.69 Å². The highest BCUT2D eigenvalue weighted by atomic mass is 19.1. The Balaban J connectivity index is 2.99. The van der Waals surface area contributed by atoms with Crippen molar-refractivity contribution in [3.05, 3.63) is 29.3 Å². The van der Waals surface area contributed by atoms with Gasteiger partial charge in [0.1, 0.15) is 17.3 Å². The molecule has 3 nitrogen and oxygen atoms in total. The molecule has 20 heavy (non-hydrogen) atoms. The number of halogens is 2. The van der Waals surface area contributed by atoms with Gasteiger partial charge in [0.2, 0.25) is 0 Å². The van der Waals surface area contributed by atoms with Crippen LogP contribution < -0.4 is 10.6 Å². The van der Waals surface area contributed by atoms with Gasteiger partial charge in [-0.15, -0.1) is 0 Å². The van der Waals surface area contributed by atoms with E-state index in [1.165, 1.54) is 12.1 Å². The van der Waals surface area contributed by atoms with Gasteiger partial charge in [-0.3, -0.25) is 0 Å². The van der Waals surface area contributed by atoms with Crippen LogP contribution in [0.3, 0.4) is 0 Å². The van der Waals surface area contributed by atoms with Gasteiger partial charge in [-0.25, -0.2) is 8.78 Å². The summed E-state index contributed by atoms with van der Waals surface area (Å²) in [4.78, 5) is 1.55. The lowest BCUT2D eigenvalue weighted by Gasteiger charge is -2.27. The lowest BCUT2D eigenvalue weighted by molar-refractivity contribution is 0.183. The van der Waals surface area contributed by atoms with Gasteiger partial charge >= 0.3 is 0 Å². The molecule has 0 amide bonds. The minimum Gasteiger partial charge on any atom is -0.383 e. The highest BCUT2D eigenvalue weighted by molar-refractivity contribution is 5.51. The molecule has 1 aromatic rings. The van der Waals surface area contributed by atoms with Crippen molar-refractivity contribution in [2.24, 2.45) is 5.73 Å². The number of benzene rings is 1. The largest absolute Gasteiger partial charge is 0.383 e. The van der Waals surface area contributed by atoms with Crippen LogP contribution in [0, 0.1) is 11.6 Å². The number of ether oxygens (including phenoxy) is 1. The van der Waals surface area contributed by atoms with Crippen molar-refractivity contribution in [3.63, 3.8) is 0 Å². The molecule has 0 spiro atoms. The Morgan fingerprint density at radius 3 is 2.30 bits per heavy atom. The zero-order valence-corrected chi connectivity index (χ0v) is 12.6. The minimum atomic E-state index is -0.561. The summed E-state index contributed by atoms with van der Waals surface area (Å²) in [5.74, 6) is -1.12. The number of hydrogen-bond donors (Lipinski definition) is 1. The summed E-state index contributed by atoms with van der Waals surface area (Å²) in [6.45, 7) is 4.20. The van der Waals surface area contributed by atoms with E-state index in [2.05, 4.69) is 0 Å². The van der Waals surface area contributed by atoms with E-state index in [0.29, 0.717) is 18.6 Å². The molecule has 2 N–H and O–H groups in total. The van der Waals surface area contributed by atoms with E-state index in [1.54, 1.807) is 19.1 Å². The normalized spacial score (nSPS) is 14.2. The molecule has 5 heteroatoms. The van der Waals surface area contributed by atoms with E-state index in [9.17, 15) is 8.78 Å². The first-order valence-electron chi connectivity index (χ1n) is 6.85. The van der Waals surface area contributed by atoms with Crippen molar-refractivity contribution in [2.75, 3.05) is 25.7 Å². The summed E-state index contributed by atoms with van der Waals surface area (Å²) in [5, 5.41) is 0. The average Bonchev–Trinajstić information content (AvgIpc) is 2.37. The number of rotatable bonds is 7. The quantitative estimate of drug-likeness (QED) is 0.837. The Kier molecular flexibility index (Phi) is 6.36. The number of hydrogen-bond acceptors (Lipinski definition) is 3. The molecular weight excluding hydrogens is 262 g/mol. The van der Waals surface area contributed by atoms with Crippen molar-refractivity contribution in [3.8, 4) is 0 Å². The summed E-state index contributed by atoms with van der Waals surface area (Å²) in [6, 6.07) is 2.53. The Labute approximate surface area is 119 Å². The Morgan fingerprint density at radius 2 is 1.85 bits per heavy atom. The smallest absolute Gasteiger partial charge is 0.149 e. The van der Waals surface area contributed by atoms with Crippen molar-refractivity contribution in [2.45, 2.75) is 38.8 Å². The SMILES string of the molecule is CCC(N)Cc1cc(F)c(N(C)C(C)COC)c(F)c1. The summed E-state index contributed by atoms with van der Waals surface area (Å²) < 4.78 is 33.3. The number of nitrogens with two attached hydrogens (primary N) is 1. The number of likely N-dealkylation sites (N-methyl/N-ethyl adjacent to an activating group) is 1. The molecule has 2 atom stereocenters. The second kappa shape index (κ2) is 7.55. The van der Waals surface area contributed by atoms with Crippen LogP contribution in [-0.2, 0) is 11.2 Å². The highest BCUT2D eigenvalue weighted by Gasteiger charge is 2.19. The van der Waals surface area contributed by atoms with Gasteiger partial charge in [-0.2, -0.15) is 0 Å². The van der Waals surface area contributed by atoms with E-state index in [4.69, 9.17) is 10.5 Å². The summed E-state index contributed by atoms with van der Waals surface area (Å²) in [7, 11) is 3.22. The van der Waals surface area contributed by atoms with Crippen LogP contribution in [0.25, 0.3) is 0 Å². The third-order valence-electron chi connectivity index (χ3n) is 3.52. The molecule has 0 aliphatic heterocycles. The van der Waals surface area contributed by atoms with Crippen LogP contribution in [0.1, 0.15) is 25.8 Å². The van der Waals surface area contributed by atoms with Crippen LogP contribution in [0.2, 0.25) is 0 Å². The summed E-state index contributed by atoms with van der Waals surface area (Å²) in [5.41, 5.74) is 6.38. The van der Waals surface area contributed by atoms with Gasteiger partial charge in [0, 0.05) is 26.2 Å². The standard InChI is InChI=1S/C15H24F2N2O/c1-5-12(18)6-11-7-13(16)15(14(17)8-11)19(3)10(2)9-20-4/h7-8,10,12H,5-6,9,18H2,1-4H3. The molecule has 0 bridgehead atoms. The first kappa shape index (κ1) is 16.9. The zero-order chi connectivity index (χ0) is 15.3. The van der Waals surface area contributed by atoms with Crippen molar-refractivity contribution in [1.82, 2.24) is 0 Å². The van der Waals surface area contributed by atoms with Crippen LogP contribution in [0.5, 0.6) is 0 Å². The molecule has 0 aliphatic carbocycles. The number of methoxy groups -OCH3 is 1. The van der Waals surface area contributed by atoms with Gasteiger partial charge < -0.3 is 15.4 Å². The predicted molar refractivity (Wildman–Crippen MR) is 78.1 cm³/mol. The molecular formula is C15H24F2N2O. The van der Waals surface area contributed by atoms with Crippen molar-refractivity contribution < 1.29 is 13.5 Å². The van der Waals surface area contributed by atoms with Gasteiger partial charge in [0.15, 0.2) is 0 Å². The van der Waals surface area contributed by atoms with Gasteiger partial charge in [-0.1, -0.05) is 6.92 Å². The summed E-state index contributed by atoms with van der Waals surface area (Å²) >= 11 is 0. The van der Waals surface area contributed by atoms with Crippen molar-refractivity contribution in [1.29, 1.82) is 0 Å². The topological polar surface area (TPSA) is 38.5 Å². The van der Waals surface area contributed by atoms with E-state index >= 15 is 0 Å². The van der Waals surface area contributed by atoms with Crippen LogP contribution in [0.4, 0.5) is 14.5 Å². The Morgan fingerprint density at radius 1 is 1.30 bits per heavy atom. The average molecular weight is 286 g/mol. The molecule has 0 aromatic heterocycles. The lowest BCUT2D eigenvalue weighted by atomic mass is 10.0. The molecule has 0 saturated carbocycles.